The summed E-state index contributed by atoms with van der Waals surface area (Å²) in [6, 6.07) is 15.0. The highest BCUT2D eigenvalue weighted by molar-refractivity contribution is 9.10. The number of amides is 1. The van der Waals surface area contributed by atoms with Gasteiger partial charge in [0.15, 0.2) is 17.7 Å². The van der Waals surface area contributed by atoms with E-state index in [1.54, 1.807) is 18.3 Å². The summed E-state index contributed by atoms with van der Waals surface area (Å²) in [6.07, 6.45) is -1.13. The molecule has 2 aromatic carbocycles. The number of carboxylic acid groups (broad SMARTS) is 1. The van der Waals surface area contributed by atoms with E-state index < -0.39 is 12.3 Å². The van der Waals surface area contributed by atoms with Gasteiger partial charge in [-0.15, -0.1) is 0 Å². The predicted molar refractivity (Wildman–Crippen MR) is 107 cm³/mol. The summed E-state index contributed by atoms with van der Waals surface area (Å²) in [7, 11) is 0. The second-order valence-corrected chi connectivity index (χ2v) is 6.90. The third-order valence-corrected chi connectivity index (χ3v) is 4.30. The lowest BCUT2D eigenvalue weighted by Crippen LogP contribution is -2.31. The fraction of sp³-hybridized carbons (Fsp3) is 0.200. The second-order valence-electron chi connectivity index (χ2n) is 5.98. The SMILES string of the molecule is O=C(O)NC[C@H](F)COc1c(OCc2ccccc2)ccc2ncc(Br)cc12. The Balaban J connectivity index is 1.83. The Morgan fingerprint density at radius 3 is 2.75 bits per heavy atom. The Labute approximate surface area is 169 Å². The molecule has 0 fully saturated rings. The lowest BCUT2D eigenvalue weighted by Gasteiger charge is -2.16. The number of halogens is 2. The zero-order chi connectivity index (χ0) is 19.9. The maximum absolute atomic E-state index is 14.0. The van der Waals surface area contributed by atoms with Crippen LogP contribution >= 0.6 is 15.9 Å². The zero-order valence-electron chi connectivity index (χ0n) is 14.8. The lowest BCUT2D eigenvalue weighted by molar-refractivity contribution is 0.169. The first-order chi connectivity index (χ1) is 13.5. The molecular weight excluding hydrogens is 431 g/mol. The molecule has 2 N–H and O–H groups in total. The molecule has 0 aliphatic rings. The molecule has 146 valence electrons. The average molecular weight is 449 g/mol. The average Bonchev–Trinajstić information content (AvgIpc) is 2.70. The van der Waals surface area contributed by atoms with Gasteiger partial charge in [0.1, 0.15) is 13.2 Å². The van der Waals surface area contributed by atoms with Crippen LogP contribution in [0, 0.1) is 0 Å². The zero-order valence-corrected chi connectivity index (χ0v) is 16.4. The van der Waals surface area contributed by atoms with Crippen molar-refractivity contribution in [1.82, 2.24) is 10.3 Å². The standard InChI is InChI=1S/C20H18BrFN2O4/c21-14-8-16-17(23-9-14)6-7-18(27-11-13-4-2-1-3-5-13)19(16)28-12-15(22)10-24-20(25)26/h1-9,15,24H,10-12H2,(H,25,26)/t15-/m0/s1. The third kappa shape index (κ3) is 5.32. The number of pyridine rings is 1. The molecule has 3 aromatic rings. The van der Waals surface area contributed by atoms with Crippen molar-refractivity contribution in [2.24, 2.45) is 0 Å². The van der Waals surface area contributed by atoms with Crippen molar-refractivity contribution in [1.29, 1.82) is 0 Å². The minimum atomic E-state index is -1.51. The lowest BCUT2D eigenvalue weighted by atomic mass is 10.2. The number of nitrogens with one attached hydrogen (secondary N) is 1. The van der Waals surface area contributed by atoms with Gasteiger partial charge in [-0.25, -0.2) is 9.18 Å². The van der Waals surface area contributed by atoms with Crippen LogP contribution in [0.4, 0.5) is 9.18 Å². The number of alkyl halides is 1. The molecule has 0 aliphatic heterocycles. The molecule has 6 nitrogen and oxygen atoms in total. The second kappa shape index (κ2) is 9.36. The highest BCUT2D eigenvalue weighted by Crippen LogP contribution is 2.36. The third-order valence-electron chi connectivity index (χ3n) is 3.87. The van der Waals surface area contributed by atoms with Gasteiger partial charge in [0.25, 0.3) is 0 Å². The van der Waals surface area contributed by atoms with Crippen LogP contribution in [-0.2, 0) is 6.61 Å². The van der Waals surface area contributed by atoms with E-state index in [0.29, 0.717) is 29.0 Å². The number of ether oxygens (including phenoxy) is 2. The van der Waals surface area contributed by atoms with E-state index in [9.17, 15) is 9.18 Å². The molecule has 3 rings (SSSR count). The fourth-order valence-electron chi connectivity index (χ4n) is 2.56. The number of aromatic nitrogens is 1. The van der Waals surface area contributed by atoms with Crippen LogP contribution in [0.25, 0.3) is 10.9 Å². The Kier molecular flexibility index (Phi) is 6.65. The minimum Gasteiger partial charge on any atom is -0.486 e. The highest BCUT2D eigenvalue weighted by Gasteiger charge is 2.16. The number of carbonyl (C=O) groups is 1. The molecular formula is C20H18BrFN2O4. The smallest absolute Gasteiger partial charge is 0.404 e. The summed E-state index contributed by atoms with van der Waals surface area (Å²) < 4.78 is 26.3. The van der Waals surface area contributed by atoms with Gasteiger partial charge in [-0.1, -0.05) is 30.3 Å². The van der Waals surface area contributed by atoms with Crippen LogP contribution in [0.5, 0.6) is 11.5 Å². The van der Waals surface area contributed by atoms with Crippen LogP contribution in [0.3, 0.4) is 0 Å². The van der Waals surface area contributed by atoms with Crippen molar-refractivity contribution in [3.8, 4) is 11.5 Å². The van der Waals surface area contributed by atoms with Crippen molar-refractivity contribution in [2.75, 3.05) is 13.2 Å². The van der Waals surface area contributed by atoms with Crippen molar-refractivity contribution in [2.45, 2.75) is 12.8 Å². The van der Waals surface area contributed by atoms with E-state index in [1.807, 2.05) is 41.7 Å². The van der Waals surface area contributed by atoms with Gasteiger partial charge in [-0.05, 0) is 39.7 Å². The number of benzene rings is 2. The first kappa shape index (κ1) is 19.9. The van der Waals surface area contributed by atoms with Gasteiger partial charge < -0.3 is 19.9 Å². The Morgan fingerprint density at radius 2 is 2.00 bits per heavy atom. The van der Waals surface area contributed by atoms with Crippen LogP contribution in [0.1, 0.15) is 5.56 Å². The summed E-state index contributed by atoms with van der Waals surface area (Å²) >= 11 is 3.38. The number of fused-ring (bicyclic) bond motifs is 1. The van der Waals surface area contributed by atoms with Gasteiger partial charge in [0, 0.05) is 16.1 Å². The van der Waals surface area contributed by atoms with E-state index in [1.165, 1.54) is 0 Å². The Bertz CT molecular complexity index is 956. The summed E-state index contributed by atoms with van der Waals surface area (Å²) in [5.41, 5.74) is 1.65. The molecule has 0 saturated heterocycles. The van der Waals surface area contributed by atoms with Crippen LogP contribution in [-0.4, -0.2) is 35.5 Å². The fourth-order valence-corrected chi connectivity index (χ4v) is 2.89. The number of hydrogen-bond acceptors (Lipinski definition) is 4. The van der Waals surface area contributed by atoms with Crippen LogP contribution in [0.15, 0.2) is 59.2 Å². The van der Waals surface area contributed by atoms with Crippen molar-refractivity contribution >= 4 is 32.9 Å². The molecule has 0 saturated carbocycles. The summed E-state index contributed by atoms with van der Waals surface area (Å²) in [4.78, 5) is 14.8. The largest absolute Gasteiger partial charge is 0.486 e. The molecule has 28 heavy (non-hydrogen) atoms. The number of nitrogens with zero attached hydrogens (tertiary/aromatic N) is 1. The van der Waals surface area contributed by atoms with E-state index in [2.05, 4.69) is 20.9 Å². The van der Waals surface area contributed by atoms with Crippen LogP contribution in [0.2, 0.25) is 0 Å². The summed E-state index contributed by atoms with van der Waals surface area (Å²) in [6.45, 7) is -0.361. The quantitative estimate of drug-likeness (QED) is 0.527. The first-order valence-electron chi connectivity index (χ1n) is 8.51. The van der Waals surface area contributed by atoms with Gasteiger partial charge in [-0.2, -0.15) is 0 Å². The van der Waals surface area contributed by atoms with E-state index in [-0.39, 0.29) is 13.2 Å². The maximum Gasteiger partial charge on any atom is 0.404 e. The van der Waals surface area contributed by atoms with Crippen LogP contribution < -0.4 is 14.8 Å². The van der Waals surface area contributed by atoms with Gasteiger partial charge in [0.05, 0.1) is 12.1 Å². The molecule has 1 aromatic heterocycles. The molecule has 0 spiro atoms. The topological polar surface area (TPSA) is 80.7 Å². The Morgan fingerprint density at radius 1 is 1.21 bits per heavy atom. The molecule has 0 unspecified atom stereocenters. The molecule has 0 aliphatic carbocycles. The number of rotatable bonds is 8. The molecule has 1 heterocycles. The van der Waals surface area contributed by atoms with Crippen molar-refractivity contribution < 1.29 is 23.8 Å². The molecule has 1 amide bonds. The first-order valence-corrected chi connectivity index (χ1v) is 9.31. The van der Waals surface area contributed by atoms with E-state index in [4.69, 9.17) is 14.6 Å². The maximum atomic E-state index is 14.0. The highest BCUT2D eigenvalue weighted by atomic mass is 79.9. The normalized spacial score (nSPS) is 11.8. The van der Waals surface area contributed by atoms with E-state index in [0.717, 1.165) is 10.0 Å². The molecule has 8 heteroatoms. The van der Waals surface area contributed by atoms with Gasteiger partial charge in [-0.3, -0.25) is 4.98 Å². The summed E-state index contributed by atoms with van der Waals surface area (Å²) in [5.74, 6) is 0.815. The molecule has 1 atom stereocenters. The Hall–Kier alpha value is -2.87. The van der Waals surface area contributed by atoms with Gasteiger partial charge in [0.2, 0.25) is 0 Å². The minimum absolute atomic E-state index is 0.323. The molecule has 0 radical (unpaired) electrons. The van der Waals surface area contributed by atoms with Crippen molar-refractivity contribution in [3.63, 3.8) is 0 Å². The number of hydrogen-bond donors (Lipinski definition) is 2. The van der Waals surface area contributed by atoms with Crippen molar-refractivity contribution in [3.05, 3.63) is 64.8 Å². The van der Waals surface area contributed by atoms with E-state index >= 15 is 0 Å². The van der Waals surface area contributed by atoms with Gasteiger partial charge >= 0.3 is 6.09 Å². The summed E-state index contributed by atoms with van der Waals surface area (Å²) in [5, 5.41) is 11.3. The molecule has 0 bridgehead atoms. The predicted octanol–water partition coefficient (Wildman–Crippen LogP) is 4.56. The monoisotopic (exact) mass is 448 g/mol.